The normalized spacial score (nSPS) is 24.4. The molecule has 8 nitrogen and oxygen atoms in total. The van der Waals surface area contributed by atoms with Crippen LogP contribution in [0.5, 0.6) is 5.88 Å². The van der Waals surface area contributed by atoms with Gasteiger partial charge in [-0.15, -0.1) is 0 Å². The van der Waals surface area contributed by atoms with Crippen LogP contribution in [0, 0.1) is 5.82 Å². The topological polar surface area (TPSA) is 112 Å². The second-order valence-corrected chi connectivity index (χ2v) is 6.85. The number of hydrogen-bond acceptors (Lipinski definition) is 7. The van der Waals surface area contributed by atoms with Crippen molar-refractivity contribution in [1.82, 2.24) is 9.97 Å². The summed E-state index contributed by atoms with van der Waals surface area (Å²) in [5, 5.41) is 2.52. The zero-order valence-electron chi connectivity index (χ0n) is 16.4. The Morgan fingerprint density at radius 3 is 2.70 bits per heavy atom. The van der Waals surface area contributed by atoms with Gasteiger partial charge in [-0.25, -0.2) is 28.1 Å². The molecule has 0 fully saturated rings. The monoisotopic (exact) mass is 423 g/mol. The first-order chi connectivity index (χ1) is 14.2. The summed E-state index contributed by atoms with van der Waals surface area (Å²) < 4.78 is 53.4. The van der Waals surface area contributed by atoms with Crippen molar-refractivity contribution in [1.29, 1.82) is 0 Å². The number of nitrogens with two attached hydrogens (primary N) is 1. The van der Waals surface area contributed by atoms with Crippen molar-refractivity contribution < 1.29 is 27.4 Å². The Balaban J connectivity index is 1.92. The number of aromatic nitrogens is 2. The lowest BCUT2D eigenvalue weighted by molar-refractivity contribution is -0.0230. The van der Waals surface area contributed by atoms with Crippen LogP contribution in [0.2, 0.25) is 0 Å². The van der Waals surface area contributed by atoms with Gasteiger partial charge in [0.15, 0.2) is 12.3 Å². The van der Waals surface area contributed by atoms with Crippen LogP contribution in [0.1, 0.15) is 29.9 Å². The standard InChI is InChI=1S/C19H20F3N5O3/c1-9(20)15-16(22)19(2,27-18(23)30-15)11-6-10(4-5-12(11)21)26-17(28)13-7-25-14(29-3)8-24-13/h4-9,15-16H,1-3H3,(H2,23,27)(H,26,28)/t9-,15-,16+,19-/m1/s1. The van der Waals surface area contributed by atoms with Crippen molar-refractivity contribution in [3.05, 3.63) is 47.7 Å². The Kier molecular flexibility index (Phi) is 5.81. The predicted molar refractivity (Wildman–Crippen MR) is 102 cm³/mol. The van der Waals surface area contributed by atoms with E-state index in [-0.39, 0.29) is 22.8 Å². The molecule has 1 aromatic heterocycles. The summed E-state index contributed by atoms with van der Waals surface area (Å²) in [5.41, 5.74) is 3.63. The maximum Gasteiger partial charge on any atom is 0.283 e. The largest absolute Gasteiger partial charge is 0.480 e. The van der Waals surface area contributed by atoms with E-state index in [1.165, 1.54) is 38.6 Å². The highest BCUT2D eigenvalue weighted by Gasteiger charge is 2.50. The number of carbonyl (C=O) groups excluding carboxylic acids is 1. The van der Waals surface area contributed by atoms with Gasteiger partial charge in [0.25, 0.3) is 11.9 Å². The minimum absolute atomic E-state index is 0.0177. The highest BCUT2D eigenvalue weighted by Crippen LogP contribution is 2.40. The summed E-state index contributed by atoms with van der Waals surface area (Å²) in [6.45, 7) is 2.39. The number of amidine groups is 1. The number of carbonyl (C=O) groups is 1. The zero-order valence-corrected chi connectivity index (χ0v) is 16.4. The molecule has 11 heteroatoms. The van der Waals surface area contributed by atoms with Crippen LogP contribution in [0.25, 0.3) is 0 Å². The molecule has 3 rings (SSSR count). The van der Waals surface area contributed by atoms with Crippen molar-refractivity contribution in [2.75, 3.05) is 12.4 Å². The highest BCUT2D eigenvalue weighted by atomic mass is 19.1. The molecular formula is C19H20F3N5O3. The number of rotatable bonds is 5. The fourth-order valence-corrected chi connectivity index (χ4v) is 3.10. The second-order valence-electron chi connectivity index (χ2n) is 6.85. The third-order valence-corrected chi connectivity index (χ3v) is 4.72. The first kappa shape index (κ1) is 21.3. The molecule has 0 unspecified atom stereocenters. The molecule has 1 aromatic carbocycles. The van der Waals surface area contributed by atoms with E-state index in [0.29, 0.717) is 0 Å². The average Bonchev–Trinajstić information content (AvgIpc) is 2.71. The molecular weight excluding hydrogens is 403 g/mol. The minimum Gasteiger partial charge on any atom is -0.480 e. The van der Waals surface area contributed by atoms with Gasteiger partial charge in [0, 0.05) is 11.3 Å². The lowest BCUT2D eigenvalue weighted by atomic mass is 9.83. The highest BCUT2D eigenvalue weighted by molar-refractivity contribution is 6.02. The molecule has 30 heavy (non-hydrogen) atoms. The van der Waals surface area contributed by atoms with Crippen LogP contribution < -0.4 is 15.8 Å². The summed E-state index contributed by atoms with van der Waals surface area (Å²) in [6, 6.07) is 3.07. The number of hydrogen-bond donors (Lipinski definition) is 2. The summed E-state index contributed by atoms with van der Waals surface area (Å²) in [7, 11) is 1.41. The number of ether oxygens (including phenoxy) is 2. The molecule has 2 heterocycles. The molecule has 0 saturated carbocycles. The Hall–Kier alpha value is -3.37. The van der Waals surface area contributed by atoms with Crippen molar-refractivity contribution in [2.24, 2.45) is 10.7 Å². The number of halogens is 3. The molecule has 4 atom stereocenters. The van der Waals surface area contributed by atoms with E-state index in [4.69, 9.17) is 15.2 Å². The Bertz CT molecular complexity index is 970. The Labute approximate surface area is 170 Å². The van der Waals surface area contributed by atoms with Gasteiger partial charge < -0.3 is 20.5 Å². The van der Waals surface area contributed by atoms with Crippen LogP contribution in [0.4, 0.5) is 18.9 Å². The molecule has 1 aliphatic heterocycles. The molecule has 2 aromatic rings. The number of aliphatic imine (C=N–C) groups is 1. The van der Waals surface area contributed by atoms with Crippen LogP contribution in [-0.4, -0.2) is 47.5 Å². The molecule has 1 amide bonds. The molecule has 0 saturated heterocycles. The van der Waals surface area contributed by atoms with Gasteiger partial charge in [0.05, 0.1) is 19.5 Å². The van der Waals surface area contributed by atoms with E-state index >= 15 is 4.39 Å². The molecule has 0 bridgehead atoms. The van der Waals surface area contributed by atoms with Gasteiger partial charge in [-0.1, -0.05) is 0 Å². The van der Waals surface area contributed by atoms with E-state index in [0.717, 1.165) is 13.0 Å². The number of nitrogens with one attached hydrogen (secondary N) is 1. The first-order valence-corrected chi connectivity index (χ1v) is 8.93. The van der Waals surface area contributed by atoms with Gasteiger partial charge in [0.1, 0.15) is 23.2 Å². The van der Waals surface area contributed by atoms with E-state index in [9.17, 15) is 13.6 Å². The fourth-order valence-electron chi connectivity index (χ4n) is 3.10. The average molecular weight is 423 g/mol. The van der Waals surface area contributed by atoms with E-state index in [1.807, 2.05) is 0 Å². The van der Waals surface area contributed by atoms with Crippen molar-refractivity contribution >= 4 is 17.6 Å². The Morgan fingerprint density at radius 2 is 2.10 bits per heavy atom. The van der Waals surface area contributed by atoms with Gasteiger partial charge in [-0.3, -0.25) is 4.79 Å². The van der Waals surface area contributed by atoms with Crippen molar-refractivity contribution in [2.45, 2.75) is 37.8 Å². The first-order valence-electron chi connectivity index (χ1n) is 8.93. The van der Waals surface area contributed by atoms with E-state index in [1.54, 1.807) is 0 Å². The van der Waals surface area contributed by atoms with Gasteiger partial charge in [-0.05, 0) is 32.0 Å². The van der Waals surface area contributed by atoms with Crippen LogP contribution >= 0.6 is 0 Å². The van der Waals surface area contributed by atoms with Gasteiger partial charge in [-0.2, -0.15) is 0 Å². The SMILES string of the molecule is COc1cnc(C(=O)Nc2ccc(F)c([C@@]3(C)N=C(N)O[C@H]([C@@H](C)F)[C@@H]3F)c2)cn1. The number of benzene rings is 1. The smallest absolute Gasteiger partial charge is 0.283 e. The molecule has 1 aliphatic rings. The zero-order chi connectivity index (χ0) is 22.1. The quantitative estimate of drug-likeness (QED) is 0.764. The molecule has 0 spiro atoms. The van der Waals surface area contributed by atoms with Gasteiger partial charge >= 0.3 is 0 Å². The Morgan fingerprint density at radius 1 is 1.37 bits per heavy atom. The third kappa shape index (κ3) is 4.00. The van der Waals surface area contributed by atoms with Crippen LogP contribution in [0.3, 0.4) is 0 Å². The predicted octanol–water partition coefficient (Wildman–Crippen LogP) is 2.50. The van der Waals surface area contributed by atoms with Crippen molar-refractivity contribution in [3.63, 3.8) is 0 Å². The summed E-state index contributed by atoms with van der Waals surface area (Å²) in [4.78, 5) is 24.1. The number of anilines is 1. The summed E-state index contributed by atoms with van der Waals surface area (Å²) in [5.74, 6) is -1.20. The number of alkyl halides is 2. The number of nitrogens with zero attached hydrogens (tertiary/aromatic N) is 3. The maximum atomic E-state index is 15.1. The fraction of sp³-hybridized carbons (Fsp3) is 0.368. The summed E-state index contributed by atoms with van der Waals surface area (Å²) in [6.07, 6.45) is -2.84. The lowest BCUT2D eigenvalue weighted by Gasteiger charge is -2.39. The minimum atomic E-state index is -2.03. The lowest BCUT2D eigenvalue weighted by Crippen LogP contribution is -2.52. The molecule has 0 aliphatic carbocycles. The van der Waals surface area contributed by atoms with Crippen LogP contribution in [0.15, 0.2) is 35.6 Å². The molecule has 160 valence electrons. The van der Waals surface area contributed by atoms with Crippen LogP contribution in [-0.2, 0) is 10.3 Å². The molecule has 3 N–H and O–H groups in total. The number of methoxy groups -OCH3 is 1. The van der Waals surface area contributed by atoms with E-state index < -0.39 is 41.7 Å². The number of amides is 1. The van der Waals surface area contributed by atoms with E-state index in [2.05, 4.69) is 20.3 Å². The van der Waals surface area contributed by atoms with Crippen molar-refractivity contribution in [3.8, 4) is 5.88 Å². The summed E-state index contributed by atoms with van der Waals surface area (Å²) >= 11 is 0. The van der Waals surface area contributed by atoms with Gasteiger partial charge in [0.2, 0.25) is 5.88 Å². The second kappa shape index (κ2) is 8.17. The molecule has 0 radical (unpaired) electrons. The third-order valence-electron chi connectivity index (χ3n) is 4.72. The maximum absolute atomic E-state index is 15.1.